The van der Waals surface area contributed by atoms with Gasteiger partial charge in [-0.3, -0.25) is 0 Å². The molecule has 1 aliphatic heterocycles. The van der Waals surface area contributed by atoms with E-state index in [0.29, 0.717) is 6.04 Å². The minimum atomic E-state index is 0.603. The van der Waals surface area contributed by atoms with Gasteiger partial charge in [0.2, 0.25) is 0 Å². The van der Waals surface area contributed by atoms with Gasteiger partial charge >= 0.3 is 0 Å². The molecule has 16 heavy (non-hydrogen) atoms. The van der Waals surface area contributed by atoms with Gasteiger partial charge in [0.25, 0.3) is 0 Å². The molecule has 1 aromatic rings. The molecule has 0 radical (unpaired) electrons. The first-order chi connectivity index (χ1) is 7.72. The number of piperazine rings is 1. The van der Waals surface area contributed by atoms with Crippen LogP contribution in [0.2, 0.25) is 0 Å². The molecule has 1 aromatic carbocycles. The van der Waals surface area contributed by atoms with Gasteiger partial charge in [-0.25, -0.2) is 0 Å². The van der Waals surface area contributed by atoms with Crippen LogP contribution in [0, 0.1) is 0 Å². The van der Waals surface area contributed by atoms with Crippen molar-refractivity contribution in [1.29, 1.82) is 0 Å². The van der Waals surface area contributed by atoms with E-state index in [1.807, 2.05) is 0 Å². The number of anilines is 1. The van der Waals surface area contributed by atoms with E-state index in [9.17, 15) is 0 Å². The Morgan fingerprint density at radius 1 is 1.44 bits per heavy atom. The zero-order valence-corrected chi connectivity index (χ0v) is 12.5. The lowest BCUT2D eigenvalue weighted by molar-refractivity contribution is 0.466. The van der Waals surface area contributed by atoms with Crippen LogP contribution in [-0.4, -0.2) is 25.7 Å². The van der Waals surface area contributed by atoms with Crippen molar-refractivity contribution in [3.8, 4) is 0 Å². The summed E-state index contributed by atoms with van der Waals surface area (Å²) >= 11 is 7.14. The molecule has 1 unspecified atom stereocenters. The Bertz CT molecular complexity index is 368. The summed E-state index contributed by atoms with van der Waals surface area (Å²) in [5.41, 5.74) is 1.30. The molecule has 4 heteroatoms. The second-order valence-electron chi connectivity index (χ2n) is 4.06. The molecule has 1 aliphatic rings. The van der Waals surface area contributed by atoms with Crippen molar-refractivity contribution in [2.45, 2.75) is 19.4 Å². The predicted molar refractivity (Wildman–Crippen MR) is 76.1 cm³/mol. The molecule has 0 bridgehead atoms. The summed E-state index contributed by atoms with van der Waals surface area (Å²) < 4.78 is 2.29. The Labute approximate surface area is 114 Å². The molecule has 2 rings (SSSR count). The SMILES string of the molecule is CCC1CNCCN1c1ccc(Br)cc1Br. The number of hydrogen-bond donors (Lipinski definition) is 1. The smallest absolute Gasteiger partial charge is 0.0514 e. The molecule has 0 spiro atoms. The van der Waals surface area contributed by atoms with Crippen molar-refractivity contribution >= 4 is 37.5 Å². The maximum absolute atomic E-state index is 3.65. The van der Waals surface area contributed by atoms with Crippen LogP contribution in [0.15, 0.2) is 27.1 Å². The molecule has 0 amide bonds. The lowest BCUT2D eigenvalue weighted by Crippen LogP contribution is -2.51. The summed E-state index contributed by atoms with van der Waals surface area (Å²) in [4.78, 5) is 2.49. The zero-order valence-electron chi connectivity index (χ0n) is 9.34. The van der Waals surface area contributed by atoms with Crippen molar-refractivity contribution in [3.63, 3.8) is 0 Å². The van der Waals surface area contributed by atoms with Gasteiger partial charge in [-0.1, -0.05) is 22.9 Å². The quantitative estimate of drug-likeness (QED) is 0.882. The van der Waals surface area contributed by atoms with E-state index in [2.05, 4.69) is 67.2 Å². The first-order valence-electron chi connectivity index (χ1n) is 5.64. The summed E-state index contributed by atoms with van der Waals surface area (Å²) in [6.07, 6.45) is 1.18. The molecule has 1 saturated heterocycles. The molecule has 1 fully saturated rings. The number of nitrogens with zero attached hydrogens (tertiary/aromatic N) is 1. The van der Waals surface area contributed by atoms with Gasteiger partial charge < -0.3 is 10.2 Å². The highest BCUT2D eigenvalue weighted by Gasteiger charge is 2.22. The maximum Gasteiger partial charge on any atom is 0.0514 e. The third-order valence-electron chi connectivity index (χ3n) is 3.04. The fourth-order valence-electron chi connectivity index (χ4n) is 2.16. The first kappa shape index (κ1) is 12.4. The van der Waals surface area contributed by atoms with E-state index in [-0.39, 0.29) is 0 Å². The first-order valence-corrected chi connectivity index (χ1v) is 7.23. The predicted octanol–water partition coefficient (Wildman–Crippen LogP) is 3.40. The molecule has 88 valence electrons. The number of halogens is 2. The summed E-state index contributed by atoms with van der Waals surface area (Å²) in [6, 6.07) is 7.01. The fourth-order valence-corrected chi connectivity index (χ4v) is 3.43. The van der Waals surface area contributed by atoms with Crippen molar-refractivity contribution in [3.05, 3.63) is 27.1 Å². The van der Waals surface area contributed by atoms with E-state index >= 15 is 0 Å². The van der Waals surface area contributed by atoms with Gasteiger partial charge in [-0.2, -0.15) is 0 Å². The van der Waals surface area contributed by atoms with Gasteiger partial charge in [0, 0.05) is 34.6 Å². The monoisotopic (exact) mass is 346 g/mol. The Morgan fingerprint density at radius 2 is 2.25 bits per heavy atom. The fraction of sp³-hybridized carbons (Fsp3) is 0.500. The number of benzene rings is 1. The summed E-state index contributed by atoms with van der Waals surface area (Å²) in [6.45, 7) is 5.48. The van der Waals surface area contributed by atoms with Crippen molar-refractivity contribution in [2.24, 2.45) is 0 Å². The summed E-state index contributed by atoms with van der Waals surface area (Å²) in [5, 5.41) is 3.45. The standard InChI is InChI=1S/C12H16Br2N2/c1-2-10-8-15-5-6-16(10)12-4-3-9(13)7-11(12)14/h3-4,7,10,15H,2,5-6,8H2,1H3. The Kier molecular flexibility index (Phi) is 4.27. The maximum atomic E-state index is 3.65. The van der Waals surface area contributed by atoms with E-state index in [1.54, 1.807) is 0 Å². The van der Waals surface area contributed by atoms with E-state index in [1.165, 1.54) is 16.6 Å². The van der Waals surface area contributed by atoms with Crippen LogP contribution in [0.25, 0.3) is 0 Å². The van der Waals surface area contributed by atoms with Gasteiger partial charge in [0.05, 0.1) is 5.69 Å². The number of nitrogens with one attached hydrogen (secondary N) is 1. The Morgan fingerprint density at radius 3 is 2.94 bits per heavy atom. The Hall–Kier alpha value is -0.0600. The molecule has 1 atom stereocenters. The lowest BCUT2D eigenvalue weighted by Gasteiger charge is -2.38. The normalized spacial score (nSPS) is 21.2. The molecule has 0 aromatic heterocycles. The topological polar surface area (TPSA) is 15.3 Å². The number of hydrogen-bond acceptors (Lipinski definition) is 2. The van der Waals surface area contributed by atoms with E-state index < -0.39 is 0 Å². The van der Waals surface area contributed by atoms with Crippen LogP contribution in [0.1, 0.15) is 13.3 Å². The molecular weight excluding hydrogens is 332 g/mol. The highest BCUT2D eigenvalue weighted by atomic mass is 79.9. The van der Waals surface area contributed by atoms with Gasteiger partial charge in [0.1, 0.15) is 0 Å². The van der Waals surface area contributed by atoms with Crippen LogP contribution in [-0.2, 0) is 0 Å². The van der Waals surface area contributed by atoms with Gasteiger partial charge in [0.15, 0.2) is 0 Å². The Balaban J connectivity index is 2.27. The molecule has 1 heterocycles. The van der Waals surface area contributed by atoms with Crippen LogP contribution in [0.3, 0.4) is 0 Å². The van der Waals surface area contributed by atoms with Crippen molar-refractivity contribution in [1.82, 2.24) is 5.32 Å². The van der Waals surface area contributed by atoms with Crippen LogP contribution in [0.4, 0.5) is 5.69 Å². The van der Waals surface area contributed by atoms with Gasteiger partial charge in [-0.15, -0.1) is 0 Å². The van der Waals surface area contributed by atoms with E-state index in [4.69, 9.17) is 0 Å². The lowest BCUT2D eigenvalue weighted by atomic mass is 10.1. The number of rotatable bonds is 2. The third kappa shape index (κ3) is 2.60. The van der Waals surface area contributed by atoms with E-state index in [0.717, 1.165) is 24.1 Å². The average molecular weight is 348 g/mol. The summed E-state index contributed by atoms with van der Waals surface area (Å²) in [5.74, 6) is 0. The van der Waals surface area contributed by atoms with Crippen molar-refractivity contribution < 1.29 is 0 Å². The van der Waals surface area contributed by atoms with Crippen LogP contribution in [0.5, 0.6) is 0 Å². The highest BCUT2D eigenvalue weighted by molar-refractivity contribution is 9.11. The van der Waals surface area contributed by atoms with Gasteiger partial charge in [-0.05, 0) is 40.5 Å². The minimum Gasteiger partial charge on any atom is -0.365 e. The minimum absolute atomic E-state index is 0.603. The zero-order chi connectivity index (χ0) is 11.5. The molecule has 0 saturated carbocycles. The summed E-state index contributed by atoms with van der Waals surface area (Å²) in [7, 11) is 0. The second-order valence-corrected chi connectivity index (χ2v) is 5.83. The molecule has 1 N–H and O–H groups in total. The molecule has 2 nitrogen and oxygen atoms in total. The highest BCUT2D eigenvalue weighted by Crippen LogP contribution is 2.31. The third-order valence-corrected chi connectivity index (χ3v) is 4.17. The second kappa shape index (κ2) is 5.52. The molecular formula is C12H16Br2N2. The van der Waals surface area contributed by atoms with Crippen molar-refractivity contribution in [2.75, 3.05) is 24.5 Å². The van der Waals surface area contributed by atoms with Crippen LogP contribution < -0.4 is 10.2 Å². The van der Waals surface area contributed by atoms with Crippen LogP contribution >= 0.6 is 31.9 Å². The molecule has 0 aliphatic carbocycles. The average Bonchev–Trinajstić information content (AvgIpc) is 2.29. The largest absolute Gasteiger partial charge is 0.365 e.